The second-order valence-electron chi connectivity index (χ2n) is 5.90. The summed E-state index contributed by atoms with van der Waals surface area (Å²) in [6.07, 6.45) is 2.27. The first-order chi connectivity index (χ1) is 11.7. The van der Waals surface area contributed by atoms with Crippen LogP contribution in [-0.4, -0.2) is 19.1 Å². The minimum Gasteiger partial charge on any atom is -0.466 e. The van der Waals surface area contributed by atoms with E-state index >= 15 is 0 Å². The highest BCUT2D eigenvalue weighted by Crippen LogP contribution is 2.20. The van der Waals surface area contributed by atoms with Crippen LogP contribution >= 0.6 is 0 Å². The van der Waals surface area contributed by atoms with Crippen molar-refractivity contribution in [2.75, 3.05) is 18.5 Å². The topological polar surface area (TPSA) is 38.3 Å². The zero-order valence-electron chi connectivity index (χ0n) is 14.6. The molecule has 1 unspecified atom stereocenters. The number of ether oxygens (including phenoxy) is 1. The first-order valence-corrected chi connectivity index (χ1v) is 8.76. The van der Waals surface area contributed by atoms with E-state index in [0.717, 1.165) is 30.6 Å². The number of carbonyl (C=O) groups excluding carboxylic acids is 1. The molecule has 1 atom stereocenters. The number of carbonyl (C=O) groups is 1. The normalized spacial score (nSPS) is 11.8. The third-order valence-electron chi connectivity index (χ3n) is 4.19. The molecule has 0 aromatic heterocycles. The molecule has 0 saturated heterocycles. The Kier molecular flexibility index (Phi) is 7.34. The van der Waals surface area contributed by atoms with E-state index < -0.39 is 0 Å². The first kappa shape index (κ1) is 18.1. The Morgan fingerprint density at radius 1 is 1.04 bits per heavy atom. The number of benzene rings is 2. The monoisotopic (exact) mass is 325 g/mol. The van der Waals surface area contributed by atoms with Crippen LogP contribution in [0.1, 0.15) is 43.7 Å². The van der Waals surface area contributed by atoms with E-state index in [1.54, 1.807) is 0 Å². The summed E-state index contributed by atoms with van der Waals surface area (Å²) in [4.78, 5) is 11.4. The molecule has 1 N–H and O–H groups in total. The third-order valence-corrected chi connectivity index (χ3v) is 4.19. The molecule has 3 nitrogen and oxygen atoms in total. The standard InChI is InChI=1S/C21H27NO2/c1-3-18(19-8-6-5-7-9-19)16-22-20-13-10-17(11-14-20)12-15-21(23)24-4-2/h5-11,13-14,18,22H,3-4,12,15-16H2,1-2H3. The van der Waals surface area contributed by atoms with Crippen molar-refractivity contribution in [2.24, 2.45) is 0 Å². The molecule has 0 heterocycles. The fourth-order valence-corrected chi connectivity index (χ4v) is 2.73. The average Bonchev–Trinajstić information content (AvgIpc) is 2.63. The van der Waals surface area contributed by atoms with Crippen LogP contribution in [0.25, 0.3) is 0 Å². The quantitative estimate of drug-likeness (QED) is 0.674. The van der Waals surface area contributed by atoms with E-state index in [0.29, 0.717) is 18.9 Å². The van der Waals surface area contributed by atoms with Crippen LogP contribution < -0.4 is 5.32 Å². The summed E-state index contributed by atoms with van der Waals surface area (Å²) in [6, 6.07) is 18.9. The van der Waals surface area contributed by atoms with Crippen molar-refractivity contribution in [1.29, 1.82) is 0 Å². The molecule has 2 aromatic rings. The smallest absolute Gasteiger partial charge is 0.306 e. The summed E-state index contributed by atoms with van der Waals surface area (Å²) in [5.74, 6) is 0.378. The molecular formula is C21H27NO2. The van der Waals surface area contributed by atoms with Crippen molar-refractivity contribution < 1.29 is 9.53 Å². The van der Waals surface area contributed by atoms with Crippen molar-refractivity contribution in [1.82, 2.24) is 0 Å². The van der Waals surface area contributed by atoms with Gasteiger partial charge < -0.3 is 10.1 Å². The van der Waals surface area contributed by atoms with Crippen molar-refractivity contribution >= 4 is 11.7 Å². The second kappa shape index (κ2) is 9.76. The molecule has 2 aromatic carbocycles. The first-order valence-electron chi connectivity index (χ1n) is 8.76. The summed E-state index contributed by atoms with van der Waals surface area (Å²) >= 11 is 0. The van der Waals surface area contributed by atoms with Crippen molar-refractivity contribution in [3.8, 4) is 0 Å². The van der Waals surface area contributed by atoms with E-state index in [1.807, 2.05) is 6.92 Å². The van der Waals surface area contributed by atoms with Crippen LogP contribution in [0, 0.1) is 0 Å². The van der Waals surface area contributed by atoms with E-state index in [1.165, 1.54) is 5.56 Å². The molecule has 0 spiro atoms. The van der Waals surface area contributed by atoms with Gasteiger partial charge in [0, 0.05) is 24.6 Å². The van der Waals surface area contributed by atoms with E-state index in [4.69, 9.17) is 4.74 Å². The molecule has 0 radical (unpaired) electrons. The highest BCUT2D eigenvalue weighted by Gasteiger charge is 2.08. The van der Waals surface area contributed by atoms with E-state index in [-0.39, 0.29) is 5.97 Å². The minimum absolute atomic E-state index is 0.131. The molecule has 128 valence electrons. The maximum Gasteiger partial charge on any atom is 0.306 e. The fourth-order valence-electron chi connectivity index (χ4n) is 2.73. The number of hydrogen-bond donors (Lipinski definition) is 1. The average molecular weight is 325 g/mol. The van der Waals surface area contributed by atoms with Crippen LogP contribution in [0.4, 0.5) is 5.69 Å². The van der Waals surface area contributed by atoms with Gasteiger partial charge in [-0.25, -0.2) is 0 Å². The number of hydrogen-bond acceptors (Lipinski definition) is 3. The highest BCUT2D eigenvalue weighted by molar-refractivity contribution is 5.69. The van der Waals surface area contributed by atoms with Gasteiger partial charge in [-0.3, -0.25) is 4.79 Å². The maximum atomic E-state index is 11.4. The van der Waals surface area contributed by atoms with Crippen molar-refractivity contribution in [2.45, 2.75) is 39.0 Å². The lowest BCUT2D eigenvalue weighted by molar-refractivity contribution is -0.143. The molecule has 0 saturated carbocycles. The predicted molar refractivity (Wildman–Crippen MR) is 99.4 cm³/mol. The number of aryl methyl sites for hydroxylation is 1. The molecule has 0 aliphatic rings. The second-order valence-corrected chi connectivity index (χ2v) is 5.90. The summed E-state index contributed by atoms with van der Waals surface area (Å²) in [5.41, 5.74) is 3.64. The molecule has 24 heavy (non-hydrogen) atoms. The number of rotatable bonds is 9. The van der Waals surface area contributed by atoms with Gasteiger partial charge in [0.15, 0.2) is 0 Å². The van der Waals surface area contributed by atoms with Crippen LogP contribution in [0.3, 0.4) is 0 Å². The Labute approximate surface area is 145 Å². The SMILES string of the molecule is CCOC(=O)CCc1ccc(NCC(CC)c2ccccc2)cc1. The lowest BCUT2D eigenvalue weighted by Gasteiger charge is -2.17. The van der Waals surface area contributed by atoms with Gasteiger partial charge in [0.05, 0.1) is 6.61 Å². The van der Waals surface area contributed by atoms with E-state index in [9.17, 15) is 4.79 Å². The van der Waals surface area contributed by atoms with Gasteiger partial charge in [-0.05, 0) is 43.0 Å². The molecule has 2 rings (SSSR count). The number of nitrogens with one attached hydrogen (secondary N) is 1. The van der Waals surface area contributed by atoms with Gasteiger partial charge in [0.25, 0.3) is 0 Å². The molecule has 0 aliphatic heterocycles. The number of anilines is 1. The van der Waals surface area contributed by atoms with Crippen LogP contribution in [0.5, 0.6) is 0 Å². The van der Waals surface area contributed by atoms with Gasteiger partial charge in [-0.15, -0.1) is 0 Å². The van der Waals surface area contributed by atoms with Gasteiger partial charge in [0.1, 0.15) is 0 Å². The molecule has 0 amide bonds. The van der Waals surface area contributed by atoms with Crippen molar-refractivity contribution in [3.05, 3.63) is 65.7 Å². The van der Waals surface area contributed by atoms with E-state index in [2.05, 4.69) is 66.8 Å². The van der Waals surface area contributed by atoms with Crippen molar-refractivity contribution in [3.63, 3.8) is 0 Å². The molecule has 0 fully saturated rings. The summed E-state index contributed by atoms with van der Waals surface area (Å²) in [6.45, 7) is 5.42. The van der Waals surface area contributed by atoms with Crippen LogP contribution in [-0.2, 0) is 16.0 Å². The molecule has 3 heteroatoms. The van der Waals surface area contributed by atoms with Gasteiger partial charge in [-0.2, -0.15) is 0 Å². The maximum absolute atomic E-state index is 11.4. The Morgan fingerprint density at radius 3 is 2.38 bits per heavy atom. The molecule has 0 aliphatic carbocycles. The molecule has 0 bridgehead atoms. The zero-order valence-corrected chi connectivity index (χ0v) is 14.6. The third kappa shape index (κ3) is 5.73. The Balaban J connectivity index is 1.84. The van der Waals surface area contributed by atoms with Gasteiger partial charge in [-0.1, -0.05) is 49.4 Å². The largest absolute Gasteiger partial charge is 0.466 e. The molecular weight excluding hydrogens is 298 g/mol. The Bertz CT molecular complexity index is 607. The van der Waals surface area contributed by atoms with Gasteiger partial charge in [0.2, 0.25) is 0 Å². The minimum atomic E-state index is -0.131. The Hall–Kier alpha value is -2.29. The predicted octanol–water partition coefficient (Wildman–Crippen LogP) is 4.79. The zero-order chi connectivity index (χ0) is 17.2. The lowest BCUT2D eigenvalue weighted by atomic mass is 9.96. The van der Waals surface area contributed by atoms with Crippen LogP contribution in [0.2, 0.25) is 0 Å². The lowest BCUT2D eigenvalue weighted by Crippen LogP contribution is -2.12. The summed E-state index contributed by atoms with van der Waals surface area (Å²) in [5, 5.41) is 3.51. The van der Waals surface area contributed by atoms with Gasteiger partial charge >= 0.3 is 5.97 Å². The summed E-state index contributed by atoms with van der Waals surface area (Å²) in [7, 11) is 0. The highest BCUT2D eigenvalue weighted by atomic mass is 16.5. The fraction of sp³-hybridized carbons (Fsp3) is 0.381. The Morgan fingerprint density at radius 2 is 1.75 bits per heavy atom. The summed E-state index contributed by atoms with van der Waals surface area (Å²) < 4.78 is 4.96. The van der Waals surface area contributed by atoms with Crippen LogP contribution in [0.15, 0.2) is 54.6 Å². The number of esters is 1.